The molecular formula is C18H18ClNOS2. The van der Waals surface area contributed by atoms with Crippen LogP contribution in [0.5, 0.6) is 0 Å². The Kier molecular flexibility index (Phi) is 5.81. The van der Waals surface area contributed by atoms with Crippen molar-refractivity contribution in [3.63, 3.8) is 0 Å². The number of halogens is 1. The Balaban J connectivity index is 1.62. The Hall–Kier alpha value is -1.23. The van der Waals surface area contributed by atoms with Crippen LogP contribution in [0.3, 0.4) is 0 Å². The minimum absolute atomic E-state index is 0.0961. The molecule has 1 unspecified atom stereocenters. The van der Waals surface area contributed by atoms with Crippen molar-refractivity contribution in [3.05, 3.63) is 63.3 Å². The number of carbonyl (C=O) groups is 1. The van der Waals surface area contributed by atoms with Crippen LogP contribution < -0.4 is 0 Å². The van der Waals surface area contributed by atoms with Gasteiger partial charge in [-0.1, -0.05) is 35.9 Å². The first-order valence-electron chi connectivity index (χ1n) is 7.60. The van der Waals surface area contributed by atoms with Gasteiger partial charge in [0.2, 0.25) is 5.91 Å². The zero-order chi connectivity index (χ0) is 16.1. The minimum atomic E-state index is 0.0961. The van der Waals surface area contributed by atoms with Gasteiger partial charge in [0.15, 0.2) is 0 Å². The lowest BCUT2D eigenvalue weighted by molar-refractivity contribution is -0.125. The lowest BCUT2D eigenvalue weighted by Crippen LogP contribution is -2.31. The van der Waals surface area contributed by atoms with Gasteiger partial charge in [-0.05, 0) is 35.6 Å². The van der Waals surface area contributed by atoms with Crippen molar-refractivity contribution in [3.8, 4) is 0 Å². The highest BCUT2D eigenvalue weighted by molar-refractivity contribution is 7.99. The van der Waals surface area contributed by atoms with Crippen LogP contribution in [0.25, 0.3) is 6.08 Å². The topological polar surface area (TPSA) is 20.3 Å². The van der Waals surface area contributed by atoms with Gasteiger partial charge in [-0.2, -0.15) is 11.8 Å². The lowest BCUT2D eigenvalue weighted by Gasteiger charge is -2.18. The van der Waals surface area contributed by atoms with Crippen LogP contribution >= 0.6 is 34.7 Å². The third-order valence-electron chi connectivity index (χ3n) is 3.84. The molecule has 1 saturated heterocycles. The molecule has 1 aliphatic rings. The molecule has 2 nitrogen and oxygen atoms in total. The second-order valence-corrected chi connectivity index (χ2v) is 8.04. The quantitative estimate of drug-likeness (QED) is 0.705. The first-order chi connectivity index (χ1) is 11.2. The molecular weight excluding hydrogens is 346 g/mol. The molecule has 120 valence electrons. The molecule has 1 aromatic carbocycles. The maximum atomic E-state index is 12.4. The number of rotatable bonds is 3. The molecule has 1 aromatic heterocycles. The molecule has 0 saturated carbocycles. The van der Waals surface area contributed by atoms with Crippen molar-refractivity contribution in [2.45, 2.75) is 11.7 Å². The average molecular weight is 364 g/mol. The molecule has 0 radical (unpaired) electrons. The fourth-order valence-corrected chi connectivity index (χ4v) is 4.84. The van der Waals surface area contributed by atoms with Crippen molar-refractivity contribution in [2.75, 3.05) is 18.8 Å². The van der Waals surface area contributed by atoms with E-state index in [4.69, 9.17) is 11.6 Å². The van der Waals surface area contributed by atoms with E-state index in [1.807, 2.05) is 58.4 Å². The van der Waals surface area contributed by atoms with Crippen LogP contribution in [0, 0.1) is 0 Å². The Bertz CT molecular complexity index is 684. The third-order valence-corrected chi connectivity index (χ3v) is 6.33. The molecule has 2 heterocycles. The molecule has 1 aliphatic heterocycles. The monoisotopic (exact) mass is 363 g/mol. The summed E-state index contributed by atoms with van der Waals surface area (Å²) in [4.78, 5) is 15.4. The molecule has 1 atom stereocenters. The number of hydrogen-bond acceptors (Lipinski definition) is 3. The summed E-state index contributed by atoms with van der Waals surface area (Å²) in [7, 11) is 0. The smallest absolute Gasteiger partial charge is 0.246 e. The zero-order valence-electron chi connectivity index (χ0n) is 12.7. The second kappa shape index (κ2) is 8.04. The molecule has 23 heavy (non-hydrogen) atoms. The Morgan fingerprint density at radius 1 is 1.22 bits per heavy atom. The summed E-state index contributed by atoms with van der Waals surface area (Å²) in [6, 6.07) is 12.0. The molecule has 0 bridgehead atoms. The summed E-state index contributed by atoms with van der Waals surface area (Å²) in [5, 5.41) is 3.20. The SMILES string of the molecule is O=C(C=Cc1cccs1)N1CCSC(c2ccccc2Cl)CC1. The van der Waals surface area contributed by atoms with Gasteiger partial charge < -0.3 is 4.90 Å². The van der Waals surface area contributed by atoms with E-state index in [9.17, 15) is 4.79 Å². The van der Waals surface area contributed by atoms with Crippen LogP contribution in [0.4, 0.5) is 0 Å². The van der Waals surface area contributed by atoms with Crippen LogP contribution in [0.2, 0.25) is 5.02 Å². The lowest BCUT2D eigenvalue weighted by atomic mass is 10.1. The van der Waals surface area contributed by atoms with E-state index in [0.717, 1.165) is 35.2 Å². The highest BCUT2D eigenvalue weighted by Crippen LogP contribution is 2.37. The van der Waals surface area contributed by atoms with Crippen LogP contribution in [-0.4, -0.2) is 29.6 Å². The molecule has 1 fully saturated rings. The molecule has 1 amide bonds. The first kappa shape index (κ1) is 16.6. The van der Waals surface area contributed by atoms with E-state index in [1.54, 1.807) is 17.4 Å². The number of benzene rings is 1. The van der Waals surface area contributed by atoms with Crippen molar-refractivity contribution in [1.82, 2.24) is 4.90 Å². The molecule has 2 aromatic rings. The van der Waals surface area contributed by atoms with Gasteiger partial charge in [0.25, 0.3) is 0 Å². The maximum absolute atomic E-state index is 12.4. The van der Waals surface area contributed by atoms with Crippen LogP contribution in [-0.2, 0) is 4.79 Å². The summed E-state index contributed by atoms with van der Waals surface area (Å²) < 4.78 is 0. The van der Waals surface area contributed by atoms with E-state index < -0.39 is 0 Å². The molecule has 0 aliphatic carbocycles. The summed E-state index contributed by atoms with van der Waals surface area (Å²) >= 11 is 9.84. The fourth-order valence-electron chi connectivity index (χ4n) is 2.62. The summed E-state index contributed by atoms with van der Waals surface area (Å²) in [5.74, 6) is 1.04. The van der Waals surface area contributed by atoms with E-state index in [2.05, 4.69) is 6.07 Å². The van der Waals surface area contributed by atoms with Gasteiger partial charge in [-0.3, -0.25) is 4.79 Å². The maximum Gasteiger partial charge on any atom is 0.246 e. The largest absolute Gasteiger partial charge is 0.338 e. The average Bonchev–Trinajstić information content (AvgIpc) is 2.96. The van der Waals surface area contributed by atoms with E-state index in [1.165, 1.54) is 5.56 Å². The van der Waals surface area contributed by atoms with E-state index in [-0.39, 0.29) is 5.91 Å². The first-order valence-corrected chi connectivity index (χ1v) is 9.91. The van der Waals surface area contributed by atoms with E-state index in [0.29, 0.717) is 5.25 Å². The van der Waals surface area contributed by atoms with Gasteiger partial charge in [0.05, 0.1) is 0 Å². The minimum Gasteiger partial charge on any atom is -0.338 e. The predicted octanol–water partition coefficient (Wildman–Crippen LogP) is 5.12. The Morgan fingerprint density at radius 2 is 2.09 bits per heavy atom. The number of thioether (sulfide) groups is 1. The normalized spacial score (nSPS) is 19.0. The number of thiophene rings is 1. The number of hydrogen-bond donors (Lipinski definition) is 0. The number of amides is 1. The summed E-state index contributed by atoms with van der Waals surface area (Å²) in [6.07, 6.45) is 4.52. The highest BCUT2D eigenvalue weighted by Gasteiger charge is 2.22. The van der Waals surface area contributed by atoms with Crippen molar-refractivity contribution < 1.29 is 4.79 Å². The van der Waals surface area contributed by atoms with Crippen molar-refractivity contribution in [1.29, 1.82) is 0 Å². The number of nitrogens with zero attached hydrogens (tertiary/aromatic N) is 1. The standard InChI is InChI=1S/C18H18ClNOS2/c19-16-6-2-1-5-15(16)17-9-10-20(11-13-23-17)18(21)8-7-14-4-3-12-22-14/h1-8,12,17H,9-11,13H2. The Labute approximate surface area is 150 Å². The molecule has 0 spiro atoms. The third kappa shape index (κ3) is 4.40. The molecule has 5 heteroatoms. The van der Waals surface area contributed by atoms with E-state index >= 15 is 0 Å². The van der Waals surface area contributed by atoms with Gasteiger partial charge in [-0.15, -0.1) is 11.3 Å². The van der Waals surface area contributed by atoms with Crippen molar-refractivity contribution >= 4 is 46.7 Å². The summed E-state index contributed by atoms with van der Waals surface area (Å²) in [5.41, 5.74) is 1.18. The van der Waals surface area contributed by atoms with Crippen LogP contribution in [0.15, 0.2) is 47.9 Å². The van der Waals surface area contributed by atoms with Gasteiger partial charge in [0, 0.05) is 40.1 Å². The molecule has 0 N–H and O–H groups in total. The van der Waals surface area contributed by atoms with Gasteiger partial charge in [0.1, 0.15) is 0 Å². The number of carbonyl (C=O) groups excluding carboxylic acids is 1. The summed E-state index contributed by atoms with van der Waals surface area (Å²) in [6.45, 7) is 1.57. The second-order valence-electron chi connectivity index (χ2n) is 5.34. The van der Waals surface area contributed by atoms with Gasteiger partial charge in [-0.25, -0.2) is 0 Å². The Morgan fingerprint density at radius 3 is 2.87 bits per heavy atom. The van der Waals surface area contributed by atoms with Gasteiger partial charge >= 0.3 is 0 Å². The fraction of sp³-hybridized carbons (Fsp3) is 0.278. The predicted molar refractivity (Wildman–Crippen MR) is 101 cm³/mol. The molecule has 3 rings (SSSR count). The highest BCUT2D eigenvalue weighted by atomic mass is 35.5. The van der Waals surface area contributed by atoms with Crippen LogP contribution in [0.1, 0.15) is 22.1 Å². The van der Waals surface area contributed by atoms with Crippen molar-refractivity contribution in [2.24, 2.45) is 0 Å². The zero-order valence-corrected chi connectivity index (χ0v) is 15.0.